The lowest BCUT2D eigenvalue weighted by molar-refractivity contribution is -0.138. The van der Waals surface area contributed by atoms with Crippen LogP contribution in [0.15, 0.2) is 77.9 Å². The molecule has 186 valence electrons. The minimum atomic E-state index is -0.762. The van der Waals surface area contributed by atoms with Crippen molar-refractivity contribution in [1.82, 2.24) is 10.2 Å². The molecule has 1 fully saturated rings. The molecule has 4 nitrogen and oxygen atoms in total. The molecule has 5 heteroatoms. The van der Waals surface area contributed by atoms with E-state index in [2.05, 4.69) is 24.9 Å². The second-order valence-corrected chi connectivity index (χ2v) is 10.3. The van der Waals surface area contributed by atoms with Crippen molar-refractivity contribution in [3.8, 4) is 0 Å². The first-order chi connectivity index (χ1) is 16.9. The highest BCUT2D eigenvalue weighted by atomic mass is 32.1. The number of hydrogen-bond donors (Lipinski definition) is 1. The molecule has 35 heavy (non-hydrogen) atoms. The summed E-state index contributed by atoms with van der Waals surface area (Å²) in [6, 6.07) is 11.3. The van der Waals surface area contributed by atoms with E-state index in [1.54, 1.807) is 16.2 Å². The molecule has 0 saturated heterocycles. The van der Waals surface area contributed by atoms with Gasteiger partial charge < -0.3 is 5.32 Å². The van der Waals surface area contributed by atoms with Gasteiger partial charge in [-0.25, -0.2) is 0 Å². The van der Waals surface area contributed by atoms with E-state index in [9.17, 15) is 9.59 Å². The van der Waals surface area contributed by atoms with Gasteiger partial charge in [0.2, 0.25) is 11.8 Å². The highest BCUT2D eigenvalue weighted by Crippen LogP contribution is 2.32. The van der Waals surface area contributed by atoms with Gasteiger partial charge in [-0.3, -0.25) is 14.5 Å². The lowest BCUT2D eigenvalue weighted by Crippen LogP contribution is -2.47. The summed E-state index contributed by atoms with van der Waals surface area (Å²) < 4.78 is 0. The Kier molecular flexibility index (Phi) is 10.1. The molecule has 1 aliphatic carbocycles. The summed E-state index contributed by atoms with van der Waals surface area (Å²) in [5, 5.41) is 5.28. The number of nitrogens with zero attached hydrogens (tertiary/aromatic N) is 1. The molecule has 0 spiro atoms. The summed E-state index contributed by atoms with van der Waals surface area (Å²) in [6.45, 7) is 9.97. The van der Waals surface area contributed by atoms with Crippen molar-refractivity contribution in [3.05, 3.63) is 93.9 Å². The van der Waals surface area contributed by atoms with Gasteiger partial charge in [0.25, 0.3) is 0 Å². The van der Waals surface area contributed by atoms with Crippen LogP contribution in [0.5, 0.6) is 0 Å². The van der Waals surface area contributed by atoms with E-state index in [4.69, 9.17) is 0 Å². The Hall–Kier alpha value is -2.92. The minimum Gasteiger partial charge on any atom is -0.351 e. The minimum absolute atomic E-state index is 0.104. The lowest BCUT2D eigenvalue weighted by atomic mass is 9.92. The van der Waals surface area contributed by atoms with Crippen molar-refractivity contribution >= 4 is 23.2 Å². The Morgan fingerprint density at radius 1 is 1.17 bits per heavy atom. The largest absolute Gasteiger partial charge is 0.351 e. The molecule has 1 aromatic heterocycles. The van der Waals surface area contributed by atoms with Crippen LogP contribution in [-0.2, 0) is 22.4 Å². The van der Waals surface area contributed by atoms with Crippen LogP contribution in [0.4, 0.5) is 0 Å². The molecular weight excluding hydrogens is 452 g/mol. The zero-order chi connectivity index (χ0) is 25.2. The van der Waals surface area contributed by atoms with E-state index in [0.717, 1.165) is 53.7 Å². The molecule has 0 bridgehead atoms. The van der Waals surface area contributed by atoms with Crippen molar-refractivity contribution in [2.24, 2.45) is 0 Å². The summed E-state index contributed by atoms with van der Waals surface area (Å²) in [6.07, 6.45) is 12.2. The first-order valence-electron chi connectivity index (χ1n) is 12.7. The van der Waals surface area contributed by atoms with Gasteiger partial charge in [0.15, 0.2) is 0 Å². The van der Waals surface area contributed by atoms with Gasteiger partial charge in [0, 0.05) is 16.6 Å². The maximum absolute atomic E-state index is 14.0. The molecule has 2 aromatic rings. The molecule has 2 amide bonds. The molecule has 0 radical (unpaired) electrons. The number of amides is 2. The zero-order valence-electron chi connectivity index (χ0n) is 21.3. The summed E-state index contributed by atoms with van der Waals surface area (Å²) in [5.74, 6) is -0.220. The van der Waals surface area contributed by atoms with Gasteiger partial charge in [-0.15, -0.1) is 11.3 Å². The van der Waals surface area contributed by atoms with Crippen LogP contribution in [0.2, 0.25) is 0 Å². The fraction of sp³-hybridized carbons (Fsp3) is 0.400. The van der Waals surface area contributed by atoms with Crippen molar-refractivity contribution in [2.45, 2.75) is 77.8 Å². The smallest absolute Gasteiger partial charge is 0.248 e. The number of hydrogen-bond acceptors (Lipinski definition) is 3. The standard InChI is InChI=1S/C30H38N2O2S/c1-5-13-25(20-22(3)4)32(28(33)21-26-17-12-19-35-26)29(27-18-11-10-14-23(27)6-2)30(34)31-24-15-8-7-9-16-24/h5,10-14,17-20,24,29H,3,6-9,15-16,21H2,1-2,4H3,(H,31,34). The van der Waals surface area contributed by atoms with Gasteiger partial charge in [0.1, 0.15) is 6.04 Å². The third-order valence-electron chi connectivity index (χ3n) is 6.37. The molecule has 1 aromatic carbocycles. The normalized spacial score (nSPS) is 15.7. The van der Waals surface area contributed by atoms with Gasteiger partial charge in [-0.2, -0.15) is 0 Å². The van der Waals surface area contributed by atoms with Crippen LogP contribution in [0.1, 0.15) is 74.9 Å². The number of aryl methyl sites for hydroxylation is 1. The number of benzene rings is 1. The molecule has 1 saturated carbocycles. The van der Waals surface area contributed by atoms with Crippen molar-refractivity contribution in [3.63, 3.8) is 0 Å². The van der Waals surface area contributed by atoms with E-state index in [1.807, 2.05) is 67.8 Å². The molecule has 3 rings (SSSR count). The van der Waals surface area contributed by atoms with Crippen LogP contribution >= 0.6 is 11.3 Å². The van der Waals surface area contributed by atoms with Crippen LogP contribution in [0.3, 0.4) is 0 Å². The van der Waals surface area contributed by atoms with Gasteiger partial charge in [0.05, 0.1) is 6.42 Å². The number of thiophene rings is 1. The van der Waals surface area contributed by atoms with E-state index < -0.39 is 6.04 Å². The molecule has 0 aliphatic heterocycles. The molecule has 1 unspecified atom stereocenters. The Balaban J connectivity index is 2.13. The lowest BCUT2D eigenvalue weighted by Gasteiger charge is -2.35. The number of nitrogens with one attached hydrogen (secondary N) is 1. The van der Waals surface area contributed by atoms with E-state index >= 15 is 0 Å². The quantitative estimate of drug-likeness (QED) is 0.368. The summed E-state index contributed by atoms with van der Waals surface area (Å²) in [4.78, 5) is 30.7. The fourth-order valence-electron chi connectivity index (χ4n) is 4.75. The third-order valence-corrected chi connectivity index (χ3v) is 7.25. The number of allylic oxidation sites excluding steroid dienone is 4. The van der Waals surface area contributed by atoms with Crippen LogP contribution in [0, 0.1) is 0 Å². The highest BCUT2D eigenvalue weighted by molar-refractivity contribution is 7.10. The van der Waals surface area contributed by atoms with Gasteiger partial charge in [-0.05, 0) is 67.8 Å². The highest BCUT2D eigenvalue weighted by Gasteiger charge is 2.35. The van der Waals surface area contributed by atoms with E-state index in [1.165, 1.54) is 6.42 Å². The first-order valence-corrected chi connectivity index (χ1v) is 13.5. The molecular formula is C30H38N2O2S. The van der Waals surface area contributed by atoms with Gasteiger partial charge >= 0.3 is 0 Å². The number of rotatable bonds is 10. The monoisotopic (exact) mass is 490 g/mol. The van der Waals surface area contributed by atoms with Crippen LogP contribution in [-0.4, -0.2) is 22.8 Å². The SMILES string of the molecule is C=C(C)C=C(C=CC)N(C(=O)Cc1cccs1)C(C(=O)NC1CCCCC1)c1ccccc1CC. The van der Waals surface area contributed by atoms with Crippen LogP contribution < -0.4 is 5.32 Å². The summed E-state index contributed by atoms with van der Waals surface area (Å²) in [5.41, 5.74) is 3.44. The predicted octanol–water partition coefficient (Wildman–Crippen LogP) is 6.91. The maximum Gasteiger partial charge on any atom is 0.248 e. The topological polar surface area (TPSA) is 49.4 Å². The third kappa shape index (κ3) is 7.28. The fourth-order valence-corrected chi connectivity index (χ4v) is 5.45. The van der Waals surface area contributed by atoms with Crippen LogP contribution in [0.25, 0.3) is 0 Å². The Labute approximate surface area is 214 Å². The number of carbonyl (C=O) groups excluding carboxylic acids is 2. The van der Waals surface area contributed by atoms with E-state index in [-0.39, 0.29) is 24.3 Å². The van der Waals surface area contributed by atoms with Crippen molar-refractivity contribution in [2.75, 3.05) is 0 Å². The summed E-state index contributed by atoms with van der Waals surface area (Å²) >= 11 is 1.56. The molecule has 1 atom stereocenters. The summed E-state index contributed by atoms with van der Waals surface area (Å²) in [7, 11) is 0. The second-order valence-electron chi connectivity index (χ2n) is 9.23. The second kappa shape index (κ2) is 13.2. The van der Waals surface area contributed by atoms with Gasteiger partial charge in [-0.1, -0.05) is 74.7 Å². The maximum atomic E-state index is 14.0. The number of carbonyl (C=O) groups is 2. The Bertz CT molecular complexity index is 1060. The van der Waals surface area contributed by atoms with Crippen molar-refractivity contribution < 1.29 is 9.59 Å². The Morgan fingerprint density at radius 3 is 2.54 bits per heavy atom. The van der Waals surface area contributed by atoms with Crippen molar-refractivity contribution in [1.29, 1.82) is 0 Å². The predicted molar refractivity (Wildman–Crippen MR) is 146 cm³/mol. The van der Waals surface area contributed by atoms with E-state index in [0.29, 0.717) is 5.70 Å². The zero-order valence-corrected chi connectivity index (χ0v) is 22.1. The molecule has 1 aliphatic rings. The first kappa shape index (κ1) is 26.7. The Morgan fingerprint density at radius 2 is 1.91 bits per heavy atom. The average Bonchev–Trinajstić information content (AvgIpc) is 3.35. The average molecular weight is 491 g/mol. The molecule has 1 N–H and O–H groups in total. The molecule has 1 heterocycles.